The molecule has 0 saturated carbocycles. The lowest BCUT2D eigenvalue weighted by Gasteiger charge is -2.44. The Morgan fingerprint density at radius 1 is 0.918 bits per heavy atom. The highest BCUT2D eigenvalue weighted by atomic mass is 35.5. The van der Waals surface area contributed by atoms with Crippen LogP contribution in [-0.4, -0.2) is 68.6 Å². The lowest BCUT2D eigenvalue weighted by molar-refractivity contribution is 0.0497. The molecule has 0 bridgehead atoms. The molecule has 13 heteroatoms. The predicted octanol–water partition coefficient (Wildman–Crippen LogP) is 8.17. The van der Waals surface area contributed by atoms with Gasteiger partial charge in [-0.2, -0.15) is 0 Å². The molecule has 1 atom stereocenters. The van der Waals surface area contributed by atoms with Gasteiger partial charge in [-0.3, -0.25) is 15.0 Å². The van der Waals surface area contributed by atoms with Crippen LogP contribution in [0, 0.1) is 0 Å². The summed E-state index contributed by atoms with van der Waals surface area (Å²) in [6.45, 7) is 8.13. The lowest BCUT2D eigenvalue weighted by atomic mass is 9.90. The zero-order valence-corrected chi connectivity index (χ0v) is 28.6. The summed E-state index contributed by atoms with van der Waals surface area (Å²) < 4.78 is 11.3. The number of aromatic amines is 1. The Kier molecular flexibility index (Phi) is 9.45. The number of likely N-dealkylation sites (tertiary alicyclic amines) is 2. The molecule has 1 unspecified atom stereocenters. The van der Waals surface area contributed by atoms with Gasteiger partial charge in [0.2, 0.25) is 5.78 Å². The van der Waals surface area contributed by atoms with Gasteiger partial charge in [-0.1, -0.05) is 38.4 Å². The van der Waals surface area contributed by atoms with E-state index in [-0.39, 0.29) is 35.4 Å². The van der Waals surface area contributed by atoms with Gasteiger partial charge in [0, 0.05) is 58.6 Å². The summed E-state index contributed by atoms with van der Waals surface area (Å²) in [6.07, 6.45) is 4.20. The molecule has 5 aromatic rings. The number of benzene rings is 2. The Bertz CT molecular complexity index is 2000. The normalized spacial score (nSPS) is 17.6. The maximum absolute atomic E-state index is 13.6. The first-order valence-corrected chi connectivity index (χ1v) is 16.5. The van der Waals surface area contributed by atoms with Gasteiger partial charge in [0.05, 0.1) is 5.69 Å². The summed E-state index contributed by atoms with van der Waals surface area (Å²) in [4.78, 5) is 44.9. The average Bonchev–Trinajstić information content (AvgIpc) is 3.82. The number of furan rings is 1. The number of nitrogens with zero attached hydrogens (tertiary/aromatic N) is 3. The van der Waals surface area contributed by atoms with Crippen molar-refractivity contribution in [2.45, 2.75) is 70.4 Å². The second kappa shape index (κ2) is 13.6. The summed E-state index contributed by atoms with van der Waals surface area (Å²) in [5.41, 5.74) is 3.34. The zero-order chi connectivity index (χ0) is 33.6. The van der Waals surface area contributed by atoms with Crippen molar-refractivity contribution in [3.05, 3.63) is 77.4 Å². The number of urea groups is 1. The highest BCUT2D eigenvalue weighted by Gasteiger charge is 2.33. The number of aromatic nitrogens is 2. The van der Waals surface area contributed by atoms with Crippen molar-refractivity contribution in [1.82, 2.24) is 19.9 Å². The Balaban J connectivity index is 0.00000417. The van der Waals surface area contributed by atoms with Crippen molar-refractivity contribution in [3.8, 4) is 0 Å². The Morgan fingerprint density at radius 3 is 2.45 bits per heavy atom. The molecular weight excluding hydrogens is 648 g/mol. The summed E-state index contributed by atoms with van der Waals surface area (Å²) >= 11 is 0. The van der Waals surface area contributed by atoms with Crippen LogP contribution >= 0.6 is 12.4 Å². The minimum absolute atomic E-state index is 0. The van der Waals surface area contributed by atoms with E-state index in [4.69, 9.17) is 8.94 Å². The van der Waals surface area contributed by atoms with Crippen molar-refractivity contribution >= 4 is 63.7 Å². The Labute approximate surface area is 289 Å². The van der Waals surface area contributed by atoms with E-state index in [9.17, 15) is 19.5 Å². The molecule has 3 amide bonds. The van der Waals surface area contributed by atoms with E-state index in [1.807, 2.05) is 32.9 Å². The molecule has 49 heavy (non-hydrogen) atoms. The third-order valence-electron chi connectivity index (χ3n) is 9.51. The fourth-order valence-corrected chi connectivity index (χ4v) is 6.95. The fraction of sp³-hybridized carbons (Fsp3) is 0.389. The number of halogens is 1. The number of anilines is 2. The first-order chi connectivity index (χ1) is 23.0. The van der Waals surface area contributed by atoms with E-state index in [1.165, 1.54) is 10.5 Å². The molecule has 2 aliphatic rings. The van der Waals surface area contributed by atoms with Gasteiger partial charge in [0.15, 0.2) is 11.6 Å². The molecule has 2 saturated heterocycles. The van der Waals surface area contributed by atoms with Crippen LogP contribution in [0.5, 0.6) is 0 Å². The molecular formula is C36H41ClN6O6. The van der Waals surface area contributed by atoms with Crippen LogP contribution < -0.4 is 10.6 Å². The van der Waals surface area contributed by atoms with Crippen molar-refractivity contribution in [2.75, 3.05) is 30.3 Å². The zero-order valence-electron chi connectivity index (χ0n) is 27.7. The summed E-state index contributed by atoms with van der Waals surface area (Å²) in [6, 6.07) is 16.9. The molecule has 258 valence electrons. The van der Waals surface area contributed by atoms with Crippen LogP contribution in [0.2, 0.25) is 0 Å². The van der Waals surface area contributed by atoms with Gasteiger partial charge in [0.1, 0.15) is 11.3 Å². The molecule has 0 radical (unpaired) electrons. The quantitative estimate of drug-likeness (QED) is 0.130. The number of nitrogens with one attached hydrogen (secondary N) is 3. The minimum Gasteiger partial charge on any atom is -0.465 e. The maximum Gasteiger partial charge on any atom is 0.407 e. The third kappa shape index (κ3) is 7.16. The fourth-order valence-electron chi connectivity index (χ4n) is 6.95. The van der Waals surface area contributed by atoms with Crippen LogP contribution in [0.15, 0.2) is 63.5 Å². The molecule has 5 heterocycles. The molecule has 2 aromatic carbocycles. The minimum atomic E-state index is -0.838. The van der Waals surface area contributed by atoms with Crippen LogP contribution in [-0.2, 0) is 5.41 Å². The van der Waals surface area contributed by atoms with Crippen molar-refractivity contribution in [2.24, 2.45) is 0 Å². The van der Waals surface area contributed by atoms with Crippen LogP contribution in [0.3, 0.4) is 0 Å². The summed E-state index contributed by atoms with van der Waals surface area (Å²) in [5.74, 6) is 0.908. The average molecular weight is 689 g/mol. The highest BCUT2D eigenvalue weighted by Crippen LogP contribution is 2.37. The van der Waals surface area contributed by atoms with Gasteiger partial charge < -0.3 is 29.2 Å². The molecule has 3 aromatic heterocycles. The maximum atomic E-state index is 13.6. The van der Waals surface area contributed by atoms with Gasteiger partial charge in [-0.25, -0.2) is 9.59 Å². The first kappa shape index (κ1) is 34.1. The number of carboxylic acid groups (broad SMARTS) is 1. The molecule has 2 fully saturated rings. The molecule has 0 aliphatic carbocycles. The number of hydrogen-bond acceptors (Lipinski definition) is 7. The topological polar surface area (TPSA) is 157 Å². The van der Waals surface area contributed by atoms with E-state index in [1.54, 1.807) is 30.3 Å². The van der Waals surface area contributed by atoms with Crippen molar-refractivity contribution < 1.29 is 28.4 Å². The van der Waals surface area contributed by atoms with Crippen molar-refractivity contribution in [3.63, 3.8) is 0 Å². The van der Waals surface area contributed by atoms with Gasteiger partial charge in [0.25, 0.3) is 0 Å². The summed E-state index contributed by atoms with van der Waals surface area (Å²) in [7, 11) is 0. The number of carbonyl (C=O) groups excluding carboxylic acids is 2. The van der Waals surface area contributed by atoms with Crippen molar-refractivity contribution in [1.29, 1.82) is 0 Å². The second-order valence-electron chi connectivity index (χ2n) is 13.9. The monoisotopic (exact) mass is 688 g/mol. The SMILES string of the molecule is CC(C)(C)c1cc(NC(=O)Nc2ccc3oc(C(=O)c4cc5cc(C6CCCCN6C6CCN(C(=O)O)CC6)ccc5[nH]4)cc3c2)no1.Cl. The summed E-state index contributed by atoms with van der Waals surface area (Å²) in [5, 5.41) is 20.4. The van der Waals surface area contributed by atoms with Crippen LogP contribution in [0.25, 0.3) is 21.9 Å². The van der Waals surface area contributed by atoms with E-state index in [0.717, 1.165) is 49.6 Å². The predicted molar refractivity (Wildman–Crippen MR) is 189 cm³/mol. The number of hydrogen-bond donors (Lipinski definition) is 4. The molecule has 2 aliphatic heterocycles. The van der Waals surface area contributed by atoms with Gasteiger partial charge in [-0.15, -0.1) is 12.4 Å². The number of ketones is 1. The van der Waals surface area contributed by atoms with Crippen LogP contribution in [0.4, 0.5) is 21.1 Å². The Morgan fingerprint density at radius 2 is 1.71 bits per heavy atom. The number of rotatable bonds is 6. The Hall–Kier alpha value is -4.81. The van der Waals surface area contributed by atoms with Gasteiger partial charge >= 0.3 is 12.1 Å². The number of piperidine rings is 2. The molecule has 12 nitrogen and oxygen atoms in total. The second-order valence-corrected chi connectivity index (χ2v) is 13.9. The first-order valence-electron chi connectivity index (χ1n) is 16.5. The molecule has 7 rings (SSSR count). The number of H-pyrrole nitrogens is 1. The standard InChI is InChI=1S/C36H40N6O6.ClH/c1-36(2,3)31-20-32(40-48-31)39-34(44)37-24-8-10-29-23(17-24)19-30(47-29)33(43)27-18-22-16-21(7-9-26(22)38-27)28-6-4-5-13-42(28)25-11-14-41(15-12-25)35(45)46;/h7-10,16-20,25,28,38H,4-6,11-15H2,1-3H3,(H,45,46)(H2,37,39,40,44);1H. The van der Waals surface area contributed by atoms with Crippen LogP contribution in [0.1, 0.15) is 86.5 Å². The van der Waals surface area contributed by atoms with E-state index >= 15 is 0 Å². The molecule has 4 N–H and O–H groups in total. The smallest absolute Gasteiger partial charge is 0.407 e. The largest absolute Gasteiger partial charge is 0.465 e. The number of fused-ring (bicyclic) bond motifs is 2. The van der Waals surface area contributed by atoms with E-state index in [0.29, 0.717) is 53.1 Å². The number of carbonyl (C=O) groups is 3. The molecule has 0 spiro atoms. The number of amides is 3. The third-order valence-corrected chi connectivity index (χ3v) is 9.51. The lowest BCUT2D eigenvalue weighted by Crippen LogP contribution is -2.48. The van der Waals surface area contributed by atoms with Gasteiger partial charge in [-0.05, 0) is 80.3 Å². The highest BCUT2D eigenvalue weighted by molar-refractivity contribution is 6.10. The van der Waals surface area contributed by atoms with E-state index < -0.39 is 12.1 Å². The van der Waals surface area contributed by atoms with E-state index in [2.05, 4.69) is 37.8 Å².